The summed E-state index contributed by atoms with van der Waals surface area (Å²) < 4.78 is 0. The molecule has 2 aromatic rings. The van der Waals surface area contributed by atoms with E-state index in [1.54, 1.807) is 0 Å². The first-order chi connectivity index (χ1) is 9.15. The van der Waals surface area contributed by atoms with Gasteiger partial charge in [-0.1, -0.05) is 30.3 Å². The number of nitrogen functional groups attached to an aromatic ring is 1. The van der Waals surface area contributed by atoms with Gasteiger partial charge in [0.2, 0.25) is 0 Å². The van der Waals surface area contributed by atoms with Gasteiger partial charge in [-0.15, -0.1) is 0 Å². The van der Waals surface area contributed by atoms with Crippen molar-refractivity contribution < 1.29 is 0 Å². The number of nitrogens with two attached hydrogens (primary N) is 1. The van der Waals surface area contributed by atoms with Crippen molar-refractivity contribution in [3.63, 3.8) is 0 Å². The topological polar surface area (TPSA) is 29.3 Å². The summed E-state index contributed by atoms with van der Waals surface area (Å²) in [6.07, 6.45) is 0. The summed E-state index contributed by atoms with van der Waals surface area (Å²) in [4.78, 5) is 2.37. The zero-order valence-corrected chi connectivity index (χ0v) is 11.6. The third-order valence-electron chi connectivity index (χ3n) is 4.14. The fourth-order valence-electron chi connectivity index (χ4n) is 2.71. The molecule has 2 heteroatoms. The molecule has 1 fully saturated rings. The van der Waals surface area contributed by atoms with E-state index in [1.807, 2.05) is 0 Å². The average Bonchev–Trinajstić information content (AvgIpc) is 2.35. The first kappa shape index (κ1) is 12.1. The minimum absolute atomic E-state index is 0.641. The van der Waals surface area contributed by atoms with Gasteiger partial charge in [0, 0.05) is 19.0 Å². The Labute approximate surface area is 114 Å². The predicted molar refractivity (Wildman–Crippen MR) is 81.7 cm³/mol. The Bertz CT molecular complexity index is 584. The van der Waals surface area contributed by atoms with Crippen LogP contribution in [0.2, 0.25) is 0 Å². The normalized spacial score (nSPS) is 15.4. The fraction of sp³-hybridized carbons (Fsp3) is 0.294. The van der Waals surface area contributed by atoms with Crippen molar-refractivity contribution in [2.24, 2.45) is 0 Å². The fourth-order valence-corrected chi connectivity index (χ4v) is 2.71. The molecule has 98 valence electrons. The molecule has 19 heavy (non-hydrogen) atoms. The second-order valence-corrected chi connectivity index (χ2v) is 5.51. The molecular weight excluding hydrogens is 232 g/mol. The van der Waals surface area contributed by atoms with Crippen LogP contribution in [0.1, 0.15) is 22.6 Å². The predicted octanol–water partition coefficient (Wildman–Crippen LogP) is 3.49. The molecule has 2 aromatic carbocycles. The smallest absolute Gasteiger partial charge is 0.0603 e. The van der Waals surface area contributed by atoms with Gasteiger partial charge in [0.1, 0.15) is 0 Å². The Morgan fingerprint density at radius 2 is 1.63 bits per heavy atom. The van der Waals surface area contributed by atoms with Gasteiger partial charge in [0.25, 0.3) is 0 Å². The molecule has 1 saturated heterocycles. The first-order valence-electron chi connectivity index (χ1n) is 6.82. The van der Waals surface area contributed by atoms with Crippen LogP contribution in [0.4, 0.5) is 11.4 Å². The van der Waals surface area contributed by atoms with Gasteiger partial charge in [0.15, 0.2) is 0 Å². The molecule has 0 aromatic heterocycles. The van der Waals surface area contributed by atoms with Crippen molar-refractivity contribution in [2.45, 2.75) is 19.8 Å². The van der Waals surface area contributed by atoms with Crippen molar-refractivity contribution in [1.82, 2.24) is 0 Å². The van der Waals surface area contributed by atoms with E-state index in [0.29, 0.717) is 5.92 Å². The van der Waals surface area contributed by atoms with Crippen LogP contribution in [0.25, 0.3) is 0 Å². The molecule has 0 atom stereocenters. The Morgan fingerprint density at radius 1 is 1.00 bits per heavy atom. The Balaban J connectivity index is 1.76. The van der Waals surface area contributed by atoms with Gasteiger partial charge in [-0.3, -0.25) is 0 Å². The Hall–Kier alpha value is -1.96. The van der Waals surface area contributed by atoms with Crippen LogP contribution in [-0.4, -0.2) is 13.1 Å². The van der Waals surface area contributed by atoms with Gasteiger partial charge in [-0.05, 0) is 42.7 Å². The van der Waals surface area contributed by atoms with Crippen molar-refractivity contribution >= 4 is 11.4 Å². The highest BCUT2D eigenvalue weighted by Gasteiger charge is 2.29. The van der Waals surface area contributed by atoms with Crippen LogP contribution in [0, 0.1) is 13.8 Å². The number of aryl methyl sites for hydroxylation is 2. The summed E-state index contributed by atoms with van der Waals surface area (Å²) in [7, 11) is 0. The molecule has 1 aliphatic rings. The van der Waals surface area contributed by atoms with Crippen LogP contribution in [0.3, 0.4) is 0 Å². The van der Waals surface area contributed by atoms with Crippen molar-refractivity contribution in [3.8, 4) is 0 Å². The number of anilines is 2. The van der Waals surface area contributed by atoms with Crippen molar-refractivity contribution in [2.75, 3.05) is 23.7 Å². The van der Waals surface area contributed by atoms with Crippen molar-refractivity contribution in [3.05, 3.63) is 59.2 Å². The molecular formula is C17H20N2. The molecule has 1 heterocycles. The molecule has 0 unspecified atom stereocenters. The highest BCUT2D eigenvalue weighted by atomic mass is 15.2. The van der Waals surface area contributed by atoms with Crippen LogP contribution < -0.4 is 10.6 Å². The molecule has 3 rings (SSSR count). The third-order valence-corrected chi connectivity index (χ3v) is 4.14. The highest BCUT2D eigenvalue weighted by molar-refractivity contribution is 5.71. The summed E-state index contributed by atoms with van der Waals surface area (Å²) in [6, 6.07) is 15.0. The number of rotatable bonds is 2. The number of nitrogens with zero attached hydrogens (tertiary/aromatic N) is 1. The summed E-state index contributed by atoms with van der Waals surface area (Å²) in [5.74, 6) is 0.641. The SMILES string of the molecule is Cc1cc(N)c(N2CC(c3ccccc3)C2)cc1C. The van der Waals surface area contributed by atoms with Gasteiger partial charge in [-0.25, -0.2) is 0 Å². The quantitative estimate of drug-likeness (QED) is 0.829. The maximum atomic E-state index is 6.14. The maximum absolute atomic E-state index is 6.14. The van der Waals surface area contributed by atoms with E-state index in [2.05, 4.69) is 61.2 Å². The Morgan fingerprint density at radius 3 is 2.32 bits per heavy atom. The third kappa shape index (κ3) is 2.19. The molecule has 0 bridgehead atoms. The lowest BCUT2D eigenvalue weighted by Crippen LogP contribution is -2.45. The Kier molecular flexibility index (Phi) is 2.94. The van der Waals surface area contributed by atoms with Crippen LogP contribution in [0.5, 0.6) is 0 Å². The van der Waals surface area contributed by atoms with Crippen LogP contribution in [0.15, 0.2) is 42.5 Å². The van der Waals surface area contributed by atoms with E-state index < -0.39 is 0 Å². The zero-order valence-electron chi connectivity index (χ0n) is 11.6. The van der Waals surface area contributed by atoms with Crippen LogP contribution >= 0.6 is 0 Å². The summed E-state index contributed by atoms with van der Waals surface area (Å²) in [5.41, 5.74) is 12.2. The van der Waals surface area contributed by atoms with E-state index in [9.17, 15) is 0 Å². The van der Waals surface area contributed by atoms with Gasteiger partial charge >= 0.3 is 0 Å². The molecule has 0 aliphatic carbocycles. The van der Waals surface area contributed by atoms with E-state index in [1.165, 1.54) is 22.4 Å². The molecule has 1 aliphatic heterocycles. The largest absolute Gasteiger partial charge is 0.397 e. The minimum Gasteiger partial charge on any atom is -0.397 e. The standard InChI is InChI=1S/C17H20N2/c1-12-8-16(18)17(9-13(12)2)19-10-15(11-19)14-6-4-3-5-7-14/h3-9,15H,10-11,18H2,1-2H3. The molecule has 2 N–H and O–H groups in total. The van der Waals surface area contributed by atoms with Gasteiger partial charge < -0.3 is 10.6 Å². The average molecular weight is 252 g/mol. The summed E-state index contributed by atoms with van der Waals surface area (Å²) in [5, 5.41) is 0. The molecule has 0 saturated carbocycles. The number of benzene rings is 2. The second-order valence-electron chi connectivity index (χ2n) is 5.51. The second kappa shape index (κ2) is 4.61. The highest BCUT2D eigenvalue weighted by Crippen LogP contribution is 2.35. The first-order valence-corrected chi connectivity index (χ1v) is 6.82. The monoisotopic (exact) mass is 252 g/mol. The van der Waals surface area contributed by atoms with E-state index >= 15 is 0 Å². The van der Waals surface area contributed by atoms with E-state index in [0.717, 1.165) is 18.8 Å². The maximum Gasteiger partial charge on any atom is 0.0603 e. The lowest BCUT2D eigenvalue weighted by molar-refractivity contribution is 0.526. The number of hydrogen-bond acceptors (Lipinski definition) is 2. The van der Waals surface area contributed by atoms with Crippen LogP contribution in [-0.2, 0) is 0 Å². The molecule has 0 amide bonds. The van der Waals surface area contributed by atoms with E-state index in [4.69, 9.17) is 5.73 Å². The van der Waals surface area contributed by atoms with Gasteiger partial charge in [-0.2, -0.15) is 0 Å². The lowest BCUT2D eigenvalue weighted by atomic mass is 9.90. The number of hydrogen-bond donors (Lipinski definition) is 1. The zero-order chi connectivity index (χ0) is 13.4. The minimum atomic E-state index is 0.641. The molecule has 0 radical (unpaired) electrons. The summed E-state index contributed by atoms with van der Waals surface area (Å²) >= 11 is 0. The molecule has 0 spiro atoms. The lowest BCUT2D eigenvalue weighted by Gasteiger charge is -2.42. The van der Waals surface area contributed by atoms with Crippen molar-refractivity contribution in [1.29, 1.82) is 0 Å². The summed E-state index contributed by atoms with van der Waals surface area (Å²) in [6.45, 7) is 6.39. The van der Waals surface area contributed by atoms with E-state index in [-0.39, 0.29) is 0 Å². The molecule has 2 nitrogen and oxygen atoms in total. The van der Waals surface area contributed by atoms with Gasteiger partial charge in [0.05, 0.1) is 11.4 Å².